The highest BCUT2D eigenvalue weighted by Crippen LogP contribution is 2.23. The van der Waals surface area contributed by atoms with Crippen LogP contribution < -0.4 is 10.2 Å². The number of hydrogen-bond acceptors (Lipinski definition) is 4. The van der Waals surface area contributed by atoms with Crippen molar-refractivity contribution >= 4 is 5.82 Å². The fourth-order valence-corrected chi connectivity index (χ4v) is 1.71. The van der Waals surface area contributed by atoms with Gasteiger partial charge in [0.2, 0.25) is 0 Å². The van der Waals surface area contributed by atoms with Gasteiger partial charge in [-0.1, -0.05) is 0 Å². The highest BCUT2D eigenvalue weighted by atomic mass is 19.4. The summed E-state index contributed by atoms with van der Waals surface area (Å²) in [4.78, 5) is 9.53. The van der Waals surface area contributed by atoms with E-state index in [-0.39, 0.29) is 5.69 Å². The largest absolute Gasteiger partial charge is 0.394 e. The summed E-state index contributed by atoms with van der Waals surface area (Å²) in [6, 6.07) is 1.79. The van der Waals surface area contributed by atoms with Gasteiger partial charge in [0.05, 0.1) is 12.1 Å². The van der Waals surface area contributed by atoms with Crippen LogP contribution in [0.2, 0.25) is 0 Å². The molecule has 0 atom stereocenters. The van der Waals surface area contributed by atoms with Crippen molar-refractivity contribution in [3.8, 4) is 0 Å². The van der Waals surface area contributed by atoms with Crippen LogP contribution in [0.3, 0.4) is 0 Å². The lowest BCUT2D eigenvalue weighted by Gasteiger charge is -2.39. The maximum Gasteiger partial charge on any atom is 0.394 e. The molecule has 2 rings (SSSR count). The van der Waals surface area contributed by atoms with Crippen LogP contribution in [0.25, 0.3) is 0 Å². The summed E-state index contributed by atoms with van der Waals surface area (Å²) < 4.78 is 36.6. The molecule has 1 aromatic rings. The molecule has 1 aliphatic rings. The number of halogens is 3. The predicted octanol–water partition coefficient (Wildman–Crippen LogP) is 0.989. The molecule has 0 spiro atoms. The molecule has 7 heteroatoms. The van der Waals surface area contributed by atoms with E-state index in [0.29, 0.717) is 11.9 Å². The molecule has 0 amide bonds. The normalized spacial score (nSPS) is 17.1. The van der Waals surface area contributed by atoms with Crippen molar-refractivity contribution in [1.29, 1.82) is 0 Å². The Balaban J connectivity index is 2.03. The van der Waals surface area contributed by atoms with Gasteiger partial charge in [-0.25, -0.2) is 9.97 Å². The number of nitrogens with one attached hydrogen (secondary N) is 1. The molecule has 94 valence electrons. The molecule has 0 aliphatic carbocycles. The first-order chi connectivity index (χ1) is 7.98. The van der Waals surface area contributed by atoms with E-state index < -0.39 is 12.6 Å². The van der Waals surface area contributed by atoms with E-state index >= 15 is 0 Å². The highest BCUT2D eigenvalue weighted by Gasteiger charge is 2.30. The second-order valence-electron chi connectivity index (χ2n) is 4.05. The van der Waals surface area contributed by atoms with Gasteiger partial charge in [0.15, 0.2) is 0 Å². The Kier molecular flexibility index (Phi) is 3.19. The van der Waals surface area contributed by atoms with Gasteiger partial charge in [0, 0.05) is 25.2 Å². The van der Waals surface area contributed by atoms with Crippen molar-refractivity contribution < 1.29 is 13.2 Å². The lowest BCUT2D eigenvalue weighted by molar-refractivity contribution is -0.127. The molecular formula is C10H13F3N4. The molecule has 1 saturated heterocycles. The van der Waals surface area contributed by atoms with E-state index in [0.717, 1.165) is 13.1 Å². The predicted molar refractivity (Wildman–Crippen MR) is 56.9 cm³/mol. The van der Waals surface area contributed by atoms with Crippen LogP contribution in [0.5, 0.6) is 0 Å². The summed E-state index contributed by atoms with van der Waals surface area (Å²) in [5.41, 5.74) is 0.00964. The van der Waals surface area contributed by atoms with Gasteiger partial charge in [-0.2, -0.15) is 13.2 Å². The summed E-state index contributed by atoms with van der Waals surface area (Å²) in [6.07, 6.45) is -4.05. The Morgan fingerprint density at radius 1 is 1.41 bits per heavy atom. The topological polar surface area (TPSA) is 41.0 Å². The van der Waals surface area contributed by atoms with Crippen molar-refractivity contribution in [2.75, 3.05) is 25.0 Å². The lowest BCUT2D eigenvalue weighted by Crippen LogP contribution is -2.57. The molecule has 1 N–H and O–H groups in total. The van der Waals surface area contributed by atoms with Gasteiger partial charge < -0.3 is 10.2 Å². The standard InChI is InChI=1S/C10H13F3N4/c1-14-8-4-17(5-8)9-2-7(15-6-16-9)3-10(11,12)13/h2,6,8,14H,3-5H2,1H3. The summed E-state index contributed by atoms with van der Waals surface area (Å²) in [7, 11) is 1.86. The monoisotopic (exact) mass is 246 g/mol. The van der Waals surface area contributed by atoms with Crippen LogP contribution in [0, 0.1) is 0 Å². The van der Waals surface area contributed by atoms with E-state index in [1.54, 1.807) is 0 Å². The first-order valence-electron chi connectivity index (χ1n) is 5.28. The van der Waals surface area contributed by atoms with Crippen molar-refractivity contribution in [3.05, 3.63) is 18.1 Å². The maximum atomic E-state index is 12.2. The van der Waals surface area contributed by atoms with E-state index in [1.807, 2.05) is 11.9 Å². The molecule has 1 aromatic heterocycles. The number of hydrogen-bond donors (Lipinski definition) is 1. The molecule has 0 aromatic carbocycles. The first kappa shape index (κ1) is 12.1. The van der Waals surface area contributed by atoms with Crippen molar-refractivity contribution in [1.82, 2.24) is 15.3 Å². The Morgan fingerprint density at radius 2 is 2.12 bits per heavy atom. The van der Waals surface area contributed by atoms with Crippen LogP contribution in [0.1, 0.15) is 5.69 Å². The Morgan fingerprint density at radius 3 is 2.71 bits per heavy atom. The number of aromatic nitrogens is 2. The summed E-state index contributed by atoms with van der Waals surface area (Å²) in [5.74, 6) is 0.561. The zero-order chi connectivity index (χ0) is 12.5. The molecule has 0 bridgehead atoms. The molecule has 4 nitrogen and oxygen atoms in total. The maximum absolute atomic E-state index is 12.2. The van der Waals surface area contributed by atoms with E-state index in [2.05, 4.69) is 15.3 Å². The third-order valence-corrected chi connectivity index (χ3v) is 2.70. The minimum absolute atomic E-state index is 0.00964. The van der Waals surface area contributed by atoms with E-state index in [4.69, 9.17) is 0 Å². The molecular weight excluding hydrogens is 233 g/mol. The summed E-state index contributed by atoms with van der Waals surface area (Å²) in [5, 5.41) is 3.09. The van der Waals surface area contributed by atoms with Gasteiger partial charge in [-0.3, -0.25) is 0 Å². The van der Waals surface area contributed by atoms with E-state index in [1.165, 1.54) is 12.4 Å². The Hall–Kier alpha value is -1.37. The fourth-order valence-electron chi connectivity index (χ4n) is 1.71. The van der Waals surface area contributed by atoms with Gasteiger partial charge in [0.1, 0.15) is 12.1 Å². The minimum atomic E-state index is -4.23. The smallest absolute Gasteiger partial charge is 0.353 e. The summed E-state index contributed by atoms with van der Waals surface area (Å²) in [6.45, 7) is 1.53. The second-order valence-corrected chi connectivity index (χ2v) is 4.05. The van der Waals surface area contributed by atoms with Crippen LogP contribution >= 0.6 is 0 Å². The third kappa shape index (κ3) is 3.06. The van der Waals surface area contributed by atoms with Gasteiger partial charge in [-0.05, 0) is 7.05 Å². The van der Waals surface area contributed by atoms with Crippen molar-refractivity contribution in [3.63, 3.8) is 0 Å². The number of nitrogens with zero attached hydrogens (tertiary/aromatic N) is 3. The molecule has 1 fully saturated rings. The van der Waals surface area contributed by atoms with Gasteiger partial charge >= 0.3 is 6.18 Å². The van der Waals surface area contributed by atoms with Crippen LogP contribution in [0.15, 0.2) is 12.4 Å². The fraction of sp³-hybridized carbons (Fsp3) is 0.600. The SMILES string of the molecule is CNC1CN(c2cc(CC(F)(F)F)ncn2)C1. The average molecular weight is 246 g/mol. The van der Waals surface area contributed by atoms with Gasteiger partial charge in [0.25, 0.3) is 0 Å². The Labute approximate surface area is 96.9 Å². The van der Waals surface area contributed by atoms with Crippen LogP contribution in [0.4, 0.5) is 19.0 Å². The van der Waals surface area contributed by atoms with E-state index in [9.17, 15) is 13.2 Å². The second kappa shape index (κ2) is 4.48. The average Bonchev–Trinajstić information content (AvgIpc) is 2.13. The molecule has 2 heterocycles. The van der Waals surface area contributed by atoms with Crippen molar-refractivity contribution in [2.45, 2.75) is 18.6 Å². The van der Waals surface area contributed by atoms with Crippen LogP contribution in [-0.2, 0) is 6.42 Å². The summed E-state index contributed by atoms with van der Waals surface area (Å²) >= 11 is 0. The quantitative estimate of drug-likeness (QED) is 0.863. The number of rotatable bonds is 3. The molecule has 1 aliphatic heterocycles. The van der Waals surface area contributed by atoms with Gasteiger partial charge in [-0.15, -0.1) is 0 Å². The number of likely N-dealkylation sites (N-methyl/N-ethyl adjacent to an activating group) is 1. The molecule has 0 radical (unpaired) electrons. The molecule has 0 saturated carbocycles. The number of alkyl halides is 3. The lowest BCUT2D eigenvalue weighted by atomic mass is 10.1. The van der Waals surface area contributed by atoms with Crippen molar-refractivity contribution in [2.24, 2.45) is 0 Å². The zero-order valence-corrected chi connectivity index (χ0v) is 9.33. The molecule has 17 heavy (non-hydrogen) atoms. The third-order valence-electron chi connectivity index (χ3n) is 2.70. The highest BCUT2D eigenvalue weighted by molar-refractivity contribution is 5.43. The Bertz CT molecular complexity index is 387. The zero-order valence-electron chi connectivity index (χ0n) is 9.33. The minimum Gasteiger partial charge on any atom is -0.353 e. The van der Waals surface area contributed by atoms with Crippen LogP contribution in [-0.4, -0.2) is 42.3 Å². The molecule has 0 unspecified atom stereocenters. The number of anilines is 1. The first-order valence-corrected chi connectivity index (χ1v) is 5.28.